The van der Waals surface area contributed by atoms with Crippen molar-refractivity contribution in [1.82, 2.24) is 24.1 Å². The lowest BCUT2D eigenvalue weighted by molar-refractivity contribution is 0.0697. The van der Waals surface area contributed by atoms with Gasteiger partial charge in [0.25, 0.3) is 0 Å². The standard InChI is InChI=1S/C17H16N6O2S/c1-11-8-14(21-20-11)19-16-10-22(9-15-18-6-7-23(15)16)26-13-4-2-12(3-5-13)17(24)25/h2-8,10H,9H2,1H3,(H,24,25)(H2,19,20,21). The van der Waals surface area contributed by atoms with Crippen LogP contribution in [0.3, 0.4) is 0 Å². The Kier molecular flexibility index (Phi) is 4.13. The first-order valence-corrected chi connectivity index (χ1v) is 8.67. The summed E-state index contributed by atoms with van der Waals surface area (Å²) in [6.07, 6.45) is 5.64. The number of carbonyl (C=O) groups is 1. The van der Waals surface area contributed by atoms with E-state index in [9.17, 15) is 4.79 Å². The molecule has 9 heteroatoms. The highest BCUT2D eigenvalue weighted by molar-refractivity contribution is 7.97. The van der Waals surface area contributed by atoms with Crippen molar-refractivity contribution in [1.29, 1.82) is 0 Å². The molecule has 3 N–H and O–H groups in total. The third kappa shape index (κ3) is 3.29. The van der Waals surface area contributed by atoms with E-state index in [2.05, 4.69) is 20.5 Å². The van der Waals surface area contributed by atoms with Crippen LogP contribution in [0.1, 0.15) is 21.9 Å². The van der Waals surface area contributed by atoms with E-state index >= 15 is 0 Å². The number of hydrogen-bond donors (Lipinski definition) is 3. The Morgan fingerprint density at radius 1 is 1.35 bits per heavy atom. The van der Waals surface area contributed by atoms with Crippen molar-refractivity contribution in [3.05, 3.63) is 66.0 Å². The number of imidazole rings is 1. The van der Waals surface area contributed by atoms with Crippen LogP contribution < -0.4 is 5.32 Å². The second-order valence-corrected chi connectivity index (χ2v) is 6.91. The number of benzene rings is 1. The minimum absolute atomic E-state index is 0.273. The van der Waals surface area contributed by atoms with Gasteiger partial charge in [-0.25, -0.2) is 9.78 Å². The van der Waals surface area contributed by atoms with Gasteiger partial charge in [0, 0.05) is 29.0 Å². The number of aromatic nitrogens is 4. The van der Waals surface area contributed by atoms with Gasteiger partial charge in [0.1, 0.15) is 11.6 Å². The number of anilines is 1. The number of rotatable bonds is 5. The van der Waals surface area contributed by atoms with Gasteiger partial charge in [0.15, 0.2) is 5.82 Å². The summed E-state index contributed by atoms with van der Waals surface area (Å²) in [6.45, 7) is 2.57. The van der Waals surface area contributed by atoms with Crippen LogP contribution in [0.25, 0.3) is 5.82 Å². The van der Waals surface area contributed by atoms with Gasteiger partial charge in [-0.3, -0.25) is 9.67 Å². The summed E-state index contributed by atoms with van der Waals surface area (Å²) in [7, 11) is 0. The zero-order valence-electron chi connectivity index (χ0n) is 13.9. The summed E-state index contributed by atoms with van der Waals surface area (Å²) in [6, 6.07) is 8.73. The van der Waals surface area contributed by atoms with Gasteiger partial charge in [0.2, 0.25) is 0 Å². The van der Waals surface area contributed by atoms with Crippen LogP contribution in [0.2, 0.25) is 0 Å². The summed E-state index contributed by atoms with van der Waals surface area (Å²) in [5.41, 5.74) is 1.25. The van der Waals surface area contributed by atoms with E-state index in [1.807, 2.05) is 34.3 Å². The fourth-order valence-electron chi connectivity index (χ4n) is 2.61. The lowest BCUT2D eigenvalue weighted by Crippen LogP contribution is -2.23. The second-order valence-electron chi connectivity index (χ2n) is 5.79. The van der Waals surface area contributed by atoms with Crippen LogP contribution in [0.4, 0.5) is 5.82 Å². The molecule has 8 nitrogen and oxygen atoms in total. The molecular formula is C17H16N6O2S. The number of aryl methyl sites for hydroxylation is 1. The van der Waals surface area contributed by atoms with Crippen LogP contribution in [-0.2, 0) is 6.54 Å². The zero-order chi connectivity index (χ0) is 18.1. The normalized spacial score (nSPS) is 13.3. The highest BCUT2D eigenvalue weighted by Crippen LogP contribution is 2.30. The molecular weight excluding hydrogens is 352 g/mol. The predicted octanol–water partition coefficient (Wildman–Crippen LogP) is 3.00. The molecule has 0 saturated carbocycles. The van der Waals surface area contributed by atoms with Gasteiger partial charge in [-0.05, 0) is 43.1 Å². The SMILES string of the molecule is Cc1cc(NC2=CN(Sc3ccc(C(=O)O)cc3)Cc3nccn32)n[nH]1. The average Bonchev–Trinajstić information content (AvgIpc) is 3.24. The van der Waals surface area contributed by atoms with Crippen molar-refractivity contribution in [2.24, 2.45) is 0 Å². The monoisotopic (exact) mass is 368 g/mol. The number of H-pyrrole nitrogens is 1. The summed E-state index contributed by atoms with van der Waals surface area (Å²) in [4.78, 5) is 16.3. The van der Waals surface area contributed by atoms with Crippen LogP contribution in [0.15, 0.2) is 53.8 Å². The third-order valence-electron chi connectivity index (χ3n) is 3.83. The van der Waals surface area contributed by atoms with Crippen molar-refractivity contribution < 1.29 is 9.90 Å². The van der Waals surface area contributed by atoms with Crippen molar-refractivity contribution in [3.63, 3.8) is 0 Å². The molecule has 1 aliphatic rings. The third-order valence-corrected chi connectivity index (χ3v) is 4.78. The Hall–Kier alpha value is -3.20. The molecule has 132 valence electrons. The molecule has 0 spiro atoms. The largest absolute Gasteiger partial charge is 0.478 e. The minimum Gasteiger partial charge on any atom is -0.478 e. The molecule has 3 heterocycles. The van der Waals surface area contributed by atoms with E-state index in [4.69, 9.17) is 5.11 Å². The maximum atomic E-state index is 11.0. The van der Waals surface area contributed by atoms with Crippen LogP contribution in [0.5, 0.6) is 0 Å². The summed E-state index contributed by atoms with van der Waals surface area (Å²) in [5, 5.41) is 19.4. The number of hydrogen-bond acceptors (Lipinski definition) is 6. The first-order chi connectivity index (χ1) is 12.6. The van der Waals surface area contributed by atoms with E-state index in [1.165, 1.54) is 11.9 Å². The van der Waals surface area contributed by atoms with E-state index in [1.54, 1.807) is 30.5 Å². The maximum Gasteiger partial charge on any atom is 0.335 e. The highest BCUT2D eigenvalue weighted by Gasteiger charge is 2.19. The van der Waals surface area contributed by atoms with Gasteiger partial charge < -0.3 is 14.7 Å². The highest BCUT2D eigenvalue weighted by atomic mass is 32.2. The quantitative estimate of drug-likeness (QED) is 0.595. The number of aromatic amines is 1. The van der Waals surface area contributed by atoms with Crippen LogP contribution in [0, 0.1) is 6.92 Å². The maximum absolute atomic E-state index is 11.0. The fraction of sp³-hybridized carbons (Fsp3) is 0.118. The summed E-state index contributed by atoms with van der Waals surface area (Å²) >= 11 is 1.51. The van der Waals surface area contributed by atoms with Gasteiger partial charge >= 0.3 is 5.97 Å². The number of nitrogens with one attached hydrogen (secondary N) is 2. The van der Waals surface area contributed by atoms with E-state index in [0.29, 0.717) is 6.54 Å². The molecule has 1 aliphatic heterocycles. The summed E-state index contributed by atoms with van der Waals surface area (Å²) < 4.78 is 4.02. The molecule has 4 rings (SSSR count). The van der Waals surface area contributed by atoms with Gasteiger partial charge in [0.05, 0.1) is 18.3 Å². The Morgan fingerprint density at radius 3 is 2.85 bits per heavy atom. The van der Waals surface area contributed by atoms with Crippen molar-refractivity contribution >= 4 is 29.6 Å². The van der Waals surface area contributed by atoms with E-state index in [-0.39, 0.29) is 5.56 Å². The van der Waals surface area contributed by atoms with Crippen molar-refractivity contribution in [3.8, 4) is 0 Å². The molecule has 1 aromatic carbocycles. The number of fused-ring (bicyclic) bond motifs is 1. The molecule has 0 amide bonds. The molecule has 0 saturated heterocycles. The molecule has 26 heavy (non-hydrogen) atoms. The number of aromatic carboxylic acids is 1. The molecule has 0 atom stereocenters. The van der Waals surface area contributed by atoms with Crippen molar-refractivity contribution in [2.75, 3.05) is 5.32 Å². The lowest BCUT2D eigenvalue weighted by Gasteiger charge is -2.26. The number of nitrogens with zero attached hydrogens (tertiary/aromatic N) is 4. The van der Waals surface area contributed by atoms with Crippen LogP contribution >= 0.6 is 11.9 Å². The number of carboxylic acid groups (broad SMARTS) is 1. The van der Waals surface area contributed by atoms with E-state index in [0.717, 1.165) is 28.1 Å². The average molecular weight is 368 g/mol. The first kappa shape index (κ1) is 16.3. The molecule has 2 aromatic heterocycles. The molecule has 3 aromatic rings. The van der Waals surface area contributed by atoms with Gasteiger partial charge in [-0.1, -0.05) is 0 Å². The van der Waals surface area contributed by atoms with Gasteiger partial charge in [-0.15, -0.1) is 0 Å². The van der Waals surface area contributed by atoms with Crippen molar-refractivity contribution in [2.45, 2.75) is 18.4 Å². The molecule has 0 fully saturated rings. The predicted molar refractivity (Wildman–Crippen MR) is 98.2 cm³/mol. The number of carboxylic acids is 1. The molecule has 0 aliphatic carbocycles. The molecule has 0 unspecified atom stereocenters. The van der Waals surface area contributed by atoms with Gasteiger partial charge in [-0.2, -0.15) is 5.10 Å². The Labute approximate surface area is 153 Å². The fourth-order valence-corrected chi connectivity index (χ4v) is 3.47. The smallest absolute Gasteiger partial charge is 0.335 e. The zero-order valence-corrected chi connectivity index (χ0v) is 14.7. The van der Waals surface area contributed by atoms with Crippen LogP contribution in [-0.4, -0.2) is 35.1 Å². The summed E-state index contributed by atoms with van der Waals surface area (Å²) in [5.74, 6) is 1.54. The van der Waals surface area contributed by atoms with E-state index < -0.39 is 5.97 Å². The lowest BCUT2D eigenvalue weighted by atomic mass is 10.2. The Morgan fingerprint density at radius 2 is 2.15 bits per heavy atom. The molecule has 0 bridgehead atoms. The minimum atomic E-state index is -0.928. The Balaban J connectivity index is 1.56. The Bertz CT molecular complexity index is 975. The molecule has 0 radical (unpaired) electrons. The first-order valence-electron chi connectivity index (χ1n) is 7.90. The topological polar surface area (TPSA) is 99.1 Å². The second kappa shape index (κ2) is 6.60.